The van der Waals surface area contributed by atoms with Crippen molar-refractivity contribution in [2.45, 2.75) is 20.3 Å². The molecule has 1 aliphatic rings. The van der Waals surface area contributed by atoms with E-state index in [1.165, 1.54) is 0 Å². The van der Waals surface area contributed by atoms with Gasteiger partial charge in [0.2, 0.25) is 5.95 Å². The van der Waals surface area contributed by atoms with Crippen molar-refractivity contribution < 1.29 is 0 Å². The highest BCUT2D eigenvalue weighted by Gasteiger charge is 2.13. The van der Waals surface area contributed by atoms with Crippen LogP contribution in [0.4, 0.5) is 11.8 Å². The zero-order valence-corrected chi connectivity index (χ0v) is 10.6. The summed E-state index contributed by atoms with van der Waals surface area (Å²) in [7, 11) is 0. The second kappa shape index (κ2) is 5.31. The first-order valence-electron chi connectivity index (χ1n) is 6.24. The Morgan fingerprint density at radius 2 is 2.06 bits per heavy atom. The molecule has 0 amide bonds. The smallest absolute Gasteiger partial charge is 0.222 e. The van der Waals surface area contributed by atoms with Crippen molar-refractivity contribution in [1.82, 2.24) is 15.3 Å². The van der Waals surface area contributed by atoms with Crippen LogP contribution in [0.1, 0.15) is 19.5 Å². The molecule has 0 unspecified atom stereocenters. The maximum absolute atomic E-state index is 5.78. The van der Waals surface area contributed by atoms with E-state index in [1.54, 1.807) is 0 Å². The largest absolute Gasteiger partial charge is 0.368 e. The Bertz CT molecular complexity index is 371. The van der Waals surface area contributed by atoms with E-state index in [-0.39, 0.29) is 0 Å². The topological polar surface area (TPSA) is 67.1 Å². The minimum absolute atomic E-state index is 0.386. The number of nitrogens with one attached hydrogen (secondary N) is 1. The van der Waals surface area contributed by atoms with Crippen LogP contribution in [0.25, 0.3) is 0 Å². The molecule has 2 rings (SSSR count). The van der Waals surface area contributed by atoms with Gasteiger partial charge in [0.05, 0.1) is 0 Å². The average molecular weight is 235 g/mol. The minimum Gasteiger partial charge on any atom is -0.368 e. The highest BCUT2D eigenvalue weighted by molar-refractivity contribution is 5.44. The normalized spacial score (nSPS) is 16.5. The molecule has 0 spiro atoms. The van der Waals surface area contributed by atoms with Crippen LogP contribution in [0.15, 0.2) is 6.07 Å². The Balaban J connectivity index is 2.18. The number of hydrogen-bond acceptors (Lipinski definition) is 5. The van der Waals surface area contributed by atoms with Gasteiger partial charge in [0.15, 0.2) is 0 Å². The van der Waals surface area contributed by atoms with E-state index in [9.17, 15) is 0 Å². The summed E-state index contributed by atoms with van der Waals surface area (Å²) in [5, 5.41) is 3.33. The Hall–Kier alpha value is -1.36. The molecule has 5 heteroatoms. The van der Waals surface area contributed by atoms with Crippen molar-refractivity contribution >= 4 is 11.8 Å². The van der Waals surface area contributed by atoms with E-state index in [0.717, 1.165) is 44.1 Å². The molecule has 0 bridgehead atoms. The van der Waals surface area contributed by atoms with Gasteiger partial charge in [-0.2, -0.15) is 4.98 Å². The molecule has 0 atom stereocenters. The van der Waals surface area contributed by atoms with Gasteiger partial charge in [-0.1, -0.05) is 13.8 Å². The van der Waals surface area contributed by atoms with Crippen LogP contribution in [-0.2, 0) is 6.42 Å². The molecule has 1 aromatic heterocycles. The predicted molar refractivity (Wildman–Crippen MR) is 70.1 cm³/mol. The molecule has 5 nitrogen and oxygen atoms in total. The van der Waals surface area contributed by atoms with Gasteiger partial charge in [-0.15, -0.1) is 0 Å². The molecule has 0 aromatic carbocycles. The first-order chi connectivity index (χ1) is 8.15. The molecule has 3 N–H and O–H groups in total. The molecular weight excluding hydrogens is 214 g/mol. The fourth-order valence-corrected chi connectivity index (χ4v) is 2.08. The van der Waals surface area contributed by atoms with Gasteiger partial charge >= 0.3 is 0 Å². The van der Waals surface area contributed by atoms with E-state index in [4.69, 9.17) is 5.73 Å². The van der Waals surface area contributed by atoms with E-state index in [0.29, 0.717) is 11.9 Å². The highest BCUT2D eigenvalue weighted by atomic mass is 15.2. The predicted octanol–water partition coefficient (Wildman–Crippen LogP) is 0.667. The molecule has 0 aliphatic carbocycles. The molecule has 0 radical (unpaired) electrons. The van der Waals surface area contributed by atoms with Crippen LogP contribution in [0.5, 0.6) is 0 Å². The Kier molecular flexibility index (Phi) is 3.78. The maximum Gasteiger partial charge on any atom is 0.222 e. The molecule has 1 fully saturated rings. The third kappa shape index (κ3) is 3.30. The van der Waals surface area contributed by atoms with Crippen molar-refractivity contribution in [3.8, 4) is 0 Å². The average Bonchev–Trinajstić information content (AvgIpc) is 2.28. The summed E-state index contributed by atoms with van der Waals surface area (Å²) in [5.74, 6) is 1.94. The summed E-state index contributed by atoms with van der Waals surface area (Å²) in [5.41, 5.74) is 6.82. The monoisotopic (exact) mass is 235 g/mol. The van der Waals surface area contributed by atoms with Crippen molar-refractivity contribution in [3.63, 3.8) is 0 Å². The van der Waals surface area contributed by atoms with E-state index in [2.05, 4.69) is 40.1 Å². The highest BCUT2D eigenvalue weighted by Crippen LogP contribution is 2.16. The Morgan fingerprint density at radius 1 is 1.35 bits per heavy atom. The van der Waals surface area contributed by atoms with Crippen LogP contribution >= 0.6 is 0 Å². The van der Waals surface area contributed by atoms with Crippen molar-refractivity contribution in [2.24, 2.45) is 5.92 Å². The fourth-order valence-electron chi connectivity index (χ4n) is 2.08. The number of hydrogen-bond donors (Lipinski definition) is 2. The number of piperazine rings is 1. The third-order valence-corrected chi connectivity index (χ3v) is 2.84. The summed E-state index contributed by atoms with van der Waals surface area (Å²) in [6.45, 7) is 8.34. The maximum atomic E-state index is 5.78. The Labute approximate surface area is 102 Å². The fraction of sp³-hybridized carbons (Fsp3) is 0.667. The molecule has 94 valence electrons. The molecule has 2 heterocycles. The molecule has 0 saturated carbocycles. The first-order valence-corrected chi connectivity index (χ1v) is 6.24. The summed E-state index contributed by atoms with van der Waals surface area (Å²) in [6, 6.07) is 2.07. The SMILES string of the molecule is CC(C)Cc1cc(N2CCNCC2)nc(N)n1. The van der Waals surface area contributed by atoms with Crippen LogP contribution in [0.3, 0.4) is 0 Å². The number of nitrogens with zero attached hydrogens (tertiary/aromatic N) is 3. The lowest BCUT2D eigenvalue weighted by Crippen LogP contribution is -2.44. The first kappa shape index (κ1) is 12.1. The summed E-state index contributed by atoms with van der Waals surface area (Å²) >= 11 is 0. The number of nitrogen functional groups attached to an aromatic ring is 1. The van der Waals surface area contributed by atoms with Crippen LogP contribution in [0.2, 0.25) is 0 Å². The van der Waals surface area contributed by atoms with Gasteiger partial charge in [-0.25, -0.2) is 4.98 Å². The third-order valence-electron chi connectivity index (χ3n) is 2.84. The Morgan fingerprint density at radius 3 is 2.71 bits per heavy atom. The van der Waals surface area contributed by atoms with E-state index < -0.39 is 0 Å². The summed E-state index contributed by atoms with van der Waals surface area (Å²) in [4.78, 5) is 10.9. The van der Waals surface area contributed by atoms with E-state index in [1.807, 2.05) is 0 Å². The van der Waals surface area contributed by atoms with Crippen molar-refractivity contribution in [3.05, 3.63) is 11.8 Å². The number of anilines is 2. The molecular formula is C12H21N5. The lowest BCUT2D eigenvalue weighted by molar-refractivity contribution is 0.583. The lowest BCUT2D eigenvalue weighted by atomic mass is 10.1. The molecule has 1 saturated heterocycles. The van der Waals surface area contributed by atoms with Gasteiger partial charge in [0.25, 0.3) is 0 Å². The summed E-state index contributed by atoms with van der Waals surface area (Å²) in [6.07, 6.45) is 0.950. The zero-order chi connectivity index (χ0) is 12.3. The van der Waals surface area contributed by atoms with Gasteiger partial charge in [-0.3, -0.25) is 0 Å². The number of rotatable bonds is 3. The lowest BCUT2D eigenvalue weighted by Gasteiger charge is -2.28. The number of aromatic nitrogens is 2. The second-order valence-corrected chi connectivity index (χ2v) is 4.91. The van der Waals surface area contributed by atoms with Gasteiger partial charge in [0.1, 0.15) is 5.82 Å². The zero-order valence-electron chi connectivity index (χ0n) is 10.6. The van der Waals surface area contributed by atoms with Crippen LogP contribution in [0, 0.1) is 5.92 Å². The minimum atomic E-state index is 0.386. The molecule has 17 heavy (non-hydrogen) atoms. The van der Waals surface area contributed by atoms with Crippen molar-refractivity contribution in [2.75, 3.05) is 36.8 Å². The summed E-state index contributed by atoms with van der Waals surface area (Å²) < 4.78 is 0. The van der Waals surface area contributed by atoms with Crippen molar-refractivity contribution in [1.29, 1.82) is 0 Å². The molecule has 1 aromatic rings. The van der Waals surface area contributed by atoms with Crippen LogP contribution in [-0.4, -0.2) is 36.1 Å². The second-order valence-electron chi connectivity index (χ2n) is 4.91. The quantitative estimate of drug-likeness (QED) is 0.806. The van der Waals surface area contributed by atoms with Gasteiger partial charge in [-0.05, 0) is 12.3 Å². The van der Waals surface area contributed by atoms with E-state index >= 15 is 0 Å². The molecule has 1 aliphatic heterocycles. The number of nitrogens with two attached hydrogens (primary N) is 1. The standard InChI is InChI=1S/C12H21N5/c1-9(2)7-10-8-11(16-12(13)15-10)17-5-3-14-4-6-17/h8-9,14H,3-7H2,1-2H3,(H2,13,15,16). The van der Waals surface area contributed by atoms with Crippen LogP contribution < -0.4 is 16.0 Å². The van der Waals surface area contributed by atoms with Gasteiger partial charge < -0.3 is 16.0 Å². The van der Waals surface area contributed by atoms with Gasteiger partial charge in [0, 0.05) is 37.9 Å².